The first kappa shape index (κ1) is 16.1. The van der Waals surface area contributed by atoms with Gasteiger partial charge in [-0.25, -0.2) is 0 Å². The molecule has 0 aliphatic heterocycles. The van der Waals surface area contributed by atoms with E-state index in [1.807, 2.05) is 6.21 Å². The number of rotatable bonds is 8. The fourth-order valence-corrected chi connectivity index (χ4v) is 2.62. The summed E-state index contributed by atoms with van der Waals surface area (Å²) in [6.07, 6.45) is 20.4. The van der Waals surface area contributed by atoms with Gasteiger partial charge in [0.1, 0.15) is 0 Å². The average molecular weight is 262 g/mol. The van der Waals surface area contributed by atoms with Crippen LogP contribution in [0.1, 0.15) is 70.6 Å². The lowest BCUT2D eigenvalue weighted by Crippen LogP contribution is -2.05. The van der Waals surface area contributed by atoms with Gasteiger partial charge in [0.15, 0.2) is 0 Å². The molecule has 1 rings (SSSR count). The lowest BCUT2D eigenvalue weighted by Gasteiger charge is -2.15. The molecule has 0 spiro atoms. The fourth-order valence-electron chi connectivity index (χ4n) is 2.62. The van der Waals surface area contributed by atoms with Crippen LogP contribution in [0.5, 0.6) is 0 Å². The standard InChI is InChI=1S/C17H30N2/c1-2-18-14-10-6-7-11-15-19-16-17-12-8-4-3-5-9-13-17/h2,14,16-17H,1,3-13,15H2. The number of hydrogen-bond donors (Lipinski definition) is 0. The van der Waals surface area contributed by atoms with Gasteiger partial charge in [0.25, 0.3) is 0 Å². The van der Waals surface area contributed by atoms with Gasteiger partial charge in [0.05, 0.1) is 0 Å². The molecule has 0 amide bonds. The second-order valence-corrected chi connectivity index (χ2v) is 5.52. The summed E-state index contributed by atoms with van der Waals surface area (Å²) in [6.45, 7) is 4.57. The van der Waals surface area contributed by atoms with Crippen LogP contribution >= 0.6 is 0 Å². The molecule has 0 aromatic carbocycles. The van der Waals surface area contributed by atoms with Crippen molar-refractivity contribution in [1.82, 2.24) is 0 Å². The van der Waals surface area contributed by atoms with Crippen LogP contribution in [0.25, 0.3) is 0 Å². The van der Waals surface area contributed by atoms with Crippen molar-refractivity contribution in [3.63, 3.8) is 0 Å². The minimum atomic E-state index is 0.764. The molecule has 0 bridgehead atoms. The molecule has 0 saturated heterocycles. The first-order valence-corrected chi connectivity index (χ1v) is 8.06. The van der Waals surface area contributed by atoms with Crippen molar-refractivity contribution >= 4 is 12.4 Å². The van der Waals surface area contributed by atoms with Gasteiger partial charge in [-0.2, -0.15) is 0 Å². The van der Waals surface area contributed by atoms with E-state index in [2.05, 4.69) is 22.8 Å². The Labute approximate surface area is 119 Å². The Morgan fingerprint density at radius 2 is 1.68 bits per heavy atom. The smallest absolute Gasteiger partial charge is 0.0385 e. The van der Waals surface area contributed by atoms with Crippen molar-refractivity contribution in [1.29, 1.82) is 0 Å². The summed E-state index contributed by atoms with van der Waals surface area (Å²) >= 11 is 0. The van der Waals surface area contributed by atoms with Gasteiger partial charge in [-0.1, -0.05) is 45.1 Å². The zero-order chi connectivity index (χ0) is 13.6. The van der Waals surface area contributed by atoms with Crippen molar-refractivity contribution < 1.29 is 0 Å². The summed E-state index contributed by atoms with van der Waals surface area (Å²) in [5, 5.41) is 0. The van der Waals surface area contributed by atoms with Gasteiger partial charge in [-0.05, 0) is 38.0 Å². The van der Waals surface area contributed by atoms with Crippen LogP contribution < -0.4 is 0 Å². The topological polar surface area (TPSA) is 24.7 Å². The fraction of sp³-hybridized carbons (Fsp3) is 0.765. The molecule has 0 aromatic rings. The van der Waals surface area contributed by atoms with Gasteiger partial charge in [-0.3, -0.25) is 9.98 Å². The van der Waals surface area contributed by atoms with E-state index in [-0.39, 0.29) is 0 Å². The Hall–Kier alpha value is -0.920. The molecule has 0 radical (unpaired) electrons. The molecule has 108 valence electrons. The molecule has 1 fully saturated rings. The van der Waals surface area contributed by atoms with E-state index in [1.54, 1.807) is 6.20 Å². The third-order valence-electron chi connectivity index (χ3n) is 3.80. The molecule has 2 heteroatoms. The van der Waals surface area contributed by atoms with Gasteiger partial charge < -0.3 is 0 Å². The van der Waals surface area contributed by atoms with Crippen molar-refractivity contribution in [2.45, 2.75) is 70.6 Å². The van der Waals surface area contributed by atoms with Crippen molar-refractivity contribution in [3.8, 4) is 0 Å². The molecule has 1 aliphatic carbocycles. The van der Waals surface area contributed by atoms with Crippen LogP contribution in [0.15, 0.2) is 22.8 Å². The maximum absolute atomic E-state index is 4.63. The van der Waals surface area contributed by atoms with E-state index < -0.39 is 0 Å². The Morgan fingerprint density at radius 1 is 0.947 bits per heavy atom. The SMILES string of the molecule is C=CN=CCCCCCN=CC1CCCCCCC1. The minimum absolute atomic E-state index is 0.764. The Kier molecular flexibility index (Phi) is 10.3. The van der Waals surface area contributed by atoms with E-state index in [0.717, 1.165) is 18.9 Å². The van der Waals surface area contributed by atoms with Gasteiger partial charge >= 0.3 is 0 Å². The van der Waals surface area contributed by atoms with E-state index in [1.165, 1.54) is 64.2 Å². The van der Waals surface area contributed by atoms with E-state index in [4.69, 9.17) is 0 Å². The zero-order valence-electron chi connectivity index (χ0n) is 12.4. The highest BCUT2D eigenvalue weighted by molar-refractivity contribution is 5.60. The van der Waals surface area contributed by atoms with Crippen molar-refractivity contribution in [3.05, 3.63) is 12.8 Å². The Balaban J connectivity index is 1.99. The third kappa shape index (κ3) is 9.63. The molecule has 19 heavy (non-hydrogen) atoms. The second kappa shape index (κ2) is 12.1. The summed E-state index contributed by atoms with van der Waals surface area (Å²) in [5.41, 5.74) is 0. The third-order valence-corrected chi connectivity index (χ3v) is 3.80. The summed E-state index contributed by atoms with van der Waals surface area (Å²) < 4.78 is 0. The maximum atomic E-state index is 4.63. The normalized spacial score (nSPS) is 18.7. The van der Waals surface area contributed by atoms with E-state index in [9.17, 15) is 0 Å². The largest absolute Gasteiger partial charge is 0.297 e. The van der Waals surface area contributed by atoms with E-state index >= 15 is 0 Å². The van der Waals surface area contributed by atoms with Crippen LogP contribution in [-0.2, 0) is 0 Å². The number of unbranched alkanes of at least 4 members (excludes halogenated alkanes) is 3. The van der Waals surface area contributed by atoms with Crippen LogP contribution in [0.4, 0.5) is 0 Å². The van der Waals surface area contributed by atoms with Gasteiger partial charge in [0.2, 0.25) is 0 Å². The van der Waals surface area contributed by atoms with Crippen LogP contribution in [0.3, 0.4) is 0 Å². The summed E-state index contributed by atoms with van der Waals surface area (Å²) in [5.74, 6) is 0.764. The van der Waals surface area contributed by atoms with Gasteiger partial charge in [-0.15, -0.1) is 0 Å². The number of aliphatic imine (C=N–C) groups is 2. The first-order valence-electron chi connectivity index (χ1n) is 8.06. The average Bonchev–Trinajstić information content (AvgIpc) is 2.39. The lowest BCUT2D eigenvalue weighted by atomic mass is 9.92. The highest BCUT2D eigenvalue weighted by Gasteiger charge is 2.08. The molecule has 0 heterocycles. The molecule has 0 unspecified atom stereocenters. The monoisotopic (exact) mass is 262 g/mol. The highest BCUT2D eigenvalue weighted by Crippen LogP contribution is 2.20. The molecule has 0 aromatic heterocycles. The maximum Gasteiger partial charge on any atom is 0.0385 e. The van der Waals surface area contributed by atoms with Gasteiger partial charge in [0, 0.05) is 25.2 Å². The molecule has 1 aliphatic rings. The quantitative estimate of drug-likeness (QED) is 0.424. The molecule has 0 N–H and O–H groups in total. The summed E-state index contributed by atoms with van der Waals surface area (Å²) in [7, 11) is 0. The predicted molar refractivity (Wildman–Crippen MR) is 86.3 cm³/mol. The lowest BCUT2D eigenvalue weighted by molar-refractivity contribution is 0.456. The van der Waals surface area contributed by atoms with Crippen molar-refractivity contribution in [2.75, 3.05) is 6.54 Å². The second-order valence-electron chi connectivity index (χ2n) is 5.52. The molecule has 1 saturated carbocycles. The summed E-state index contributed by atoms with van der Waals surface area (Å²) in [6, 6.07) is 0. The van der Waals surface area contributed by atoms with Crippen LogP contribution in [0, 0.1) is 5.92 Å². The van der Waals surface area contributed by atoms with Crippen LogP contribution in [0.2, 0.25) is 0 Å². The van der Waals surface area contributed by atoms with Crippen LogP contribution in [-0.4, -0.2) is 19.0 Å². The first-order chi connectivity index (χ1) is 9.43. The zero-order valence-corrected chi connectivity index (χ0v) is 12.4. The minimum Gasteiger partial charge on any atom is -0.297 e. The number of nitrogens with zero attached hydrogens (tertiary/aromatic N) is 2. The molecular weight excluding hydrogens is 232 g/mol. The predicted octanol–water partition coefficient (Wildman–Crippen LogP) is 5.19. The molecular formula is C17H30N2. The number of hydrogen-bond acceptors (Lipinski definition) is 2. The Morgan fingerprint density at radius 3 is 2.42 bits per heavy atom. The molecule has 0 atom stereocenters. The highest BCUT2D eigenvalue weighted by atomic mass is 14.7. The van der Waals surface area contributed by atoms with Crippen molar-refractivity contribution in [2.24, 2.45) is 15.9 Å². The summed E-state index contributed by atoms with van der Waals surface area (Å²) in [4.78, 5) is 8.62. The Bertz CT molecular complexity index is 260. The van der Waals surface area contributed by atoms with E-state index in [0.29, 0.717) is 0 Å². The molecule has 2 nitrogen and oxygen atoms in total.